The molecule has 0 unspecified atom stereocenters. The Morgan fingerprint density at radius 3 is 2.71 bits per heavy atom. The molecule has 1 aliphatic carbocycles. The lowest BCUT2D eigenvalue weighted by Gasteiger charge is -2.21. The summed E-state index contributed by atoms with van der Waals surface area (Å²) in [6, 6.07) is 6.27. The second-order valence-electron chi connectivity index (χ2n) is 10.1. The van der Waals surface area contributed by atoms with Crippen molar-refractivity contribution in [2.24, 2.45) is 11.8 Å². The SMILES string of the molecule is CC#CC[C@H](C)[C@H](O)/C=C/[C@@H]1[C@H]2c3cccc(CCCC(=O)N(CCC)CCC)c3O[C@H]2C[C@H]1O. The molecule has 1 aromatic rings. The number of benzene rings is 1. The van der Waals surface area contributed by atoms with Crippen molar-refractivity contribution in [3.63, 3.8) is 0 Å². The summed E-state index contributed by atoms with van der Waals surface area (Å²) >= 11 is 0. The molecule has 0 bridgehead atoms. The fraction of sp³-hybridized carbons (Fsp3) is 0.633. The third kappa shape index (κ3) is 6.68. The third-order valence-corrected chi connectivity index (χ3v) is 7.38. The van der Waals surface area contributed by atoms with Gasteiger partial charge in [0.15, 0.2) is 0 Å². The third-order valence-electron chi connectivity index (χ3n) is 7.38. The number of carbonyl (C=O) groups is 1. The highest BCUT2D eigenvalue weighted by Crippen LogP contribution is 2.52. The zero-order chi connectivity index (χ0) is 25.4. The number of amides is 1. The van der Waals surface area contributed by atoms with Gasteiger partial charge < -0.3 is 19.8 Å². The largest absolute Gasteiger partial charge is 0.489 e. The number of rotatable bonds is 12. The molecule has 0 aromatic heterocycles. The van der Waals surface area contributed by atoms with Gasteiger partial charge in [-0.25, -0.2) is 0 Å². The van der Waals surface area contributed by atoms with Crippen molar-refractivity contribution in [3.8, 4) is 17.6 Å². The second kappa shape index (κ2) is 13.1. The van der Waals surface area contributed by atoms with Crippen molar-refractivity contribution in [2.45, 2.75) is 96.9 Å². The van der Waals surface area contributed by atoms with Crippen molar-refractivity contribution in [2.75, 3.05) is 13.1 Å². The highest BCUT2D eigenvalue weighted by Gasteiger charge is 2.48. The Bertz CT molecular complexity index is 924. The van der Waals surface area contributed by atoms with E-state index in [0.29, 0.717) is 19.3 Å². The summed E-state index contributed by atoms with van der Waals surface area (Å²) in [4.78, 5) is 14.6. The monoisotopic (exact) mass is 481 g/mol. The number of para-hydroxylation sites is 1. The minimum atomic E-state index is -0.590. The molecule has 0 spiro atoms. The Hall–Kier alpha value is -2.29. The van der Waals surface area contributed by atoms with Gasteiger partial charge in [-0.15, -0.1) is 11.8 Å². The fourth-order valence-corrected chi connectivity index (χ4v) is 5.47. The van der Waals surface area contributed by atoms with E-state index in [2.05, 4.69) is 43.9 Å². The van der Waals surface area contributed by atoms with Crippen LogP contribution in [0.4, 0.5) is 0 Å². The minimum absolute atomic E-state index is 0.0417. The van der Waals surface area contributed by atoms with Crippen LogP contribution < -0.4 is 4.74 Å². The number of hydrogen-bond donors (Lipinski definition) is 2. The quantitative estimate of drug-likeness (QED) is 0.331. The lowest BCUT2D eigenvalue weighted by Crippen LogP contribution is -2.32. The molecule has 1 heterocycles. The molecule has 2 aliphatic rings. The number of aliphatic hydroxyl groups is 2. The van der Waals surface area contributed by atoms with Crippen LogP contribution in [0.1, 0.15) is 83.3 Å². The molecule has 0 radical (unpaired) electrons. The van der Waals surface area contributed by atoms with E-state index in [4.69, 9.17) is 4.74 Å². The molecule has 1 fully saturated rings. The smallest absolute Gasteiger partial charge is 0.222 e. The molecule has 1 aromatic carbocycles. The summed E-state index contributed by atoms with van der Waals surface area (Å²) in [6.45, 7) is 9.68. The number of hydrogen-bond acceptors (Lipinski definition) is 4. The topological polar surface area (TPSA) is 70.0 Å². The highest BCUT2D eigenvalue weighted by molar-refractivity contribution is 5.76. The lowest BCUT2D eigenvalue weighted by atomic mass is 9.86. The van der Waals surface area contributed by atoms with Crippen molar-refractivity contribution < 1.29 is 19.7 Å². The maximum absolute atomic E-state index is 12.7. The molecule has 5 nitrogen and oxygen atoms in total. The van der Waals surface area contributed by atoms with Gasteiger partial charge in [0.25, 0.3) is 0 Å². The number of aryl methyl sites for hydroxylation is 1. The Labute approximate surface area is 211 Å². The molecule has 1 amide bonds. The Balaban J connectivity index is 1.66. The number of fused-ring (bicyclic) bond motifs is 3. The van der Waals surface area contributed by atoms with Gasteiger partial charge in [-0.2, -0.15) is 0 Å². The van der Waals surface area contributed by atoms with Crippen molar-refractivity contribution in [3.05, 3.63) is 41.5 Å². The minimum Gasteiger partial charge on any atom is -0.489 e. The standard InChI is InChI=1S/C30H43NO4/c1-5-8-11-21(4)25(32)17-16-23-26(33)20-27-29(23)24-14-9-12-22(30(24)35-27)13-10-15-28(34)31(18-6-2)19-7-3/h9,12,14,16-17,21,23,25-27,29,32-33H,6-7,10-11,13,15,18-20H2,1-4H3/b17-16+/t21-,23-,25+,26+,27-,29-/m0/s1. The van der Waals surface area contributed by atoms with Gasteiger partial charge in [-0.3, -0.25) is 4.79 Å². The van der Waals surface area contributed by atoms with E-state index in [1.807, 2.05) is 24.0 Å². The zero-order valence-electron chi connectivity index (χ0n) is 21.9. The van der Waals surface area contributed by atoms with E-state index >= 15 is 0 Å². The summed E-state index contributed by atoms with van der Waals surface area (Å²) in [7, 11) is 0. The Morgan fingerprint density at radius 1 is 1.29 bits per heavy atom. The number of aliphatic hydroxyl groups excluding tert-OH is 2. The predicted molar refractivity (Wildman–Crippen MR) is 140 cm³/mol. The summed E-state index contributed by atoms with van der Waals surface area (Å²) < 4.78 is 6.38. The molecule has 1 aliphatic heterocycles. The van der Waals surface area contributed by atoms with Crippen LogP contribution in [0.15, 0.2) is 30.4 Å². The Morgan fingerprint density at radius 2 is 2.03 bits per heavy atom. The number of nitrogens with zero attached hydrogens (tertiary/aromatic N) is 1. The van der Waals surface area contributed by atoms with E-state index in [9.17, 15) is 15.0 Å². The van der Waals surface area contributed by atoms with Crippen LogP contribution in [0, 0.1) is 23.7 Å². The molecular weight excluding hydrogens is 438 g/mol. The van der Waals surface area contributed by atoms with Crippen molar-refractivity contribution >= 4 is 5.91 Å². The number of carbonyl (C=O) groups excluding carboxylic acids is 1. The van der Waals surface area contributed by atoms with Gasteiger partial charge in [-0.1, -0.05) is 51.1 Å². The van der Waals surface area contributed by atoms with Crippen LogP contribution >= 0.6 is 0 Å². The van der Waals surface area contributed by atoms with Crippen LogP contribution in [-0.4, -0.2) is 52.4 Å². The maximum atomic E-state index is 12.7. The average molecular weight is 482 g/mol. The van der Waals surface area contributed by atoms with Gasteiger partial charge >= 0.3 is 0 Å². The molecule has 3 rings (SSSR count). The molecule has 0 saturated heterocycles. The first-order valence-corrected chi connectivity index (χ1v) is 13.4. The highest BCUT2D eigenvalue weighted by atomic mass is 16.5. The van der Waals surface area contributed by atoms with Crippen LogP contribution in [0.2, 0.25) is 0 Å². The first kappa shape index (κ1) is 27.3. The molecule has 1 saturated carbocycles. The number of ether oxygens (including phenoxy) is 1. The maximum Gasteiger partial charge on any atom is 0.222 e. The van der Waals surface area contributed by atoms with Gasteiger partial charge in [0.05, 0.1) is 12.2 Å². The van der Waals surface area contributed by atoms with Crippen LogP contribution in [-0.2, 0) is 11.2 Å². The average Bonchev–Trinajstić information content (AvgIpc) is 3.35. The molecule has 6 atom stereocenters. The van der Waals surface area contributed by atoms with E-state index in [-0.39, 0.29) is 29.8 Å². The van der Waals surface area contributed by atoms with Crippen molar-refractivity contribution in [1.82, 2.24) is 4.90 Å². The normalized spacial score (nSPS) is 24.3. The van der Waals surface area contributed by atoms with E-state index < -0.39 is 12.2 Å². The molecule has 5 heteroatoms. The molecule has 2 N–H and O–H groups in total. The predicted octanol–water partition coefficient (Wildman–Crippen LogP) is 4.85. The molecular formula is C30H43NO4. The van der Waals surface area contributed by atoms with Crippen LogP contribution in [0.3, 0.4) is 0 Å². The van der Waals surface area contributed by atoms with Crippen LogP contribution in [0.5, 0.6) is 5.75 Å². The van der Waals surface area contributed by atoms with Gasteiger partial charge in [0.2, 0.25) is 5.91 Å². The summed E-state index contributed by atoms with van der Waals surface area (Å²) in [6.07, 6.45) is 8.03. The first-order chi connectivity index (χ1) is 16.9. The summed E-state index contributed by atoms with van der Waals surface area (Å²) in [5.41, 5.74) is 2.29. The van der Waals surface area contributed by atoms with E-state index in [1.165, 1.54) is 0 Å². The second-order valence-corrected chi connectivity index (χ2v) is 10.1. The van der Waals surface area contributed by atoms with Gasteiger partial charge in [0, 0.05) is 49.8 Å². The Kier molecular flexibility index (Phi) is 10.2. The van der Waals surface area contributed by atoms with E-state index in [1.54, 1.807) is 6.92 Å². The van der Waals surface area contributed by atoms with Gasteiger partial charge in [-0.05, 0) is 44.1 Å². The van der Waals surface area contributed by atoms with Crippen LogP contribution in [0.25, 0.3) is 0 Å². The van der Waals surface area contributed by atoms with Gasteiger partial charge in [0.1, 0.15) is 11.9 Å². The molecule has 192 valence electrons. The zero-order valence-corrected chi connectivity index (χ0v) is 21.9. The summed E-state index contributed by atoms with van der Waals surface area (Å²) in [5, 5.41) is 21.3. The lowest BCUT2D eigenvalue weighted by molar-refractivity contribution is -0.131. The summed E-state index contributed by atoms with van der Waals surface area (Å²) in [5.74, 6) is 7.12. The fourth-order valence-electron chi connectivity index (χ4n) is 5.47. The van der Waals surface area contributed by atoms with E-state index in [0.717, 1.165) is 55.6 Å². The first-order valence-electron chi connectivity index (χ1n) is 13.4. The van der Waals surface area contributed by atoms with Crippen molar-refractivity contribution in [1.29, 1.82) is 0 Å². The molecule has 35 heavy (non-hydrogen) atoms.